The summed E-state index contributed by atoms with van der Waals surface area (Å²) in [6.07, 6.45) is 1.76. The van der Waals surface area contributed by atoms with Crippen molar-refractivity contribution >= 4 is 23.4 Å². The average Bonchev–Trinajstić information content (AvgIpc) is 2.89. The van der Waals surface area contributed by atoms with Crippen LogP contribution in [0.25, 0.3) is 0 Å². The molecule has 0 saturated heterocycles. The van der Waals surface area contributed by atoms with E-state index in [2.05, 4.69) is 10.1 Å². The van der Waals surface area contributed by atoms with Crippen LogP contribution in [0.1, 0.15) is 28.4 Å². The summed E-state index contributed by atoms with van der Waals surface area (Å²) >= 11 is 1.60. The van der Waals surface area contributed by atoms with Crippen molar-refractivity contribution in [2.45, 2.75) is 17.7 Å². The number of oxime groups is 1. The largest absolute Gasteiger partial charge is 0.496 e. The van der Waals surface area contributed by atoms with Gasteiger partial charge in [-0.25, -0.2) is 9.78 Å². The highest BCUT2D eigenvalue weighted by Crippen LogP contribution is 2.38. The number of methoxy groups -OCH3 is 4. The zero-order valence-electron chi connectivity index (χ0n) is 19.7. The molecule has 0 N–H and O–H groups in total. The Bertz CT molecular complexity index is 1140. The maximum absolute atomic E-state index is 12.6. The van der Waals surface area contributed by atoms with Crippen LogP contribution in [0.2, 0.25) is 0 Å². The third-order valence-electron chi connectivity index (χ3n) is 4.88. The van der Waals surface area contributed by atoms with Gasteiger partial charge in [0, 0.05) is 17.5 Å². The third-order valence-corrected chi connectivity index (χ3v) is 5.87. The molecule has 0 atom stereocenters. The fourth-order valence-electron chi connectivity index (χ4n) is 3.11. The van der Waals surface area contributed by atoms with Crippen LogP contribution in [0.4, 0.5) is 0 Å². The molecule has 0 amide bonds. The van der Waals surface area contributed by atoms with Crippen molar-refractivity contribution in [3.63, 3.8) is 0 Å². The Kier molecular flexibility index (Phi) is 8.75. The van der Waals surface area contributed by atoms with E-state index in [1.54, 1.807) is 32.0 Å². The molecule has 3 aromatic rings. The van der Waals surface area contributed by atoms with E-state index >= 15 is 0 Å². The summed E-state index contributed by atoms with van der Waals surface area (Å²) in [5.41, 5.74) is 2.53. The standard InChI is InChI=1S/C25H26N2O6S/c1-16(27-33-25(28)18-13-21(30-3)24(32-5)22(14-18)31-4)17-9-10-20(29-2)19(12-17)15-34-23-8-6-7-11-26-23/h6-14H,15H2,1-5H3/b27-16-. The molecule has 34 heavy (non-hydrogen) atoms. The highest BCUT2D eigenvalue weighted by Gasteiger charge is 2.18. The van der Waals surface area contributed by atoms with E-state index in [1.807, 2.05) is 36.4 Å². The Hall–Kier alpha value is -3.72. The maximum atomic E-state index is 12.6. The summed E-state index contributed by atoms with van der Waals surface area (Å²) in [5, 5.41) is 4.95. The lowest BCUT2D eigenvalue weighted by molar-refractivity contribution is 0.0515. The molecule has 0 spiro atoms. The quantitative estimate of drug-likeness (QED) is 0.173. The Balaban J connectivity index is 1.77. The van der Waals surface area contributed by atoms with Crippen molar-refractivity contribution in [1.29, 1.82) is 0 Å². The fraction of sp³-hybridized carbons (Fsp3) is 0.240. The molecule has 0 saturated carbocycles. The van der Waals surface area contributed by atoms with Crippen LogP contribution in [0.5, 0.6) is 23.0 Å². The molecule has 0 aliphatic rings. The minimum Gasteiger partial charge on any atom is -0.496 e. The molecule has 0 unspecified atom stereocenters. The van der Waals surface area contributed by atoms with Gasteiger partial charge in [0.15, 0.2) is 11.5 Å². The van der Waals surface area contributed by atoms with Gasteiger partial charge in [0.25, 0.3) is 0 Å². The Morgan fingerprint density at radius 1 is 0.882 bits per heavy atom. The second-order valence-electron chi connectivity index (χ2n) is 6.95. The molecular weight excluding hydrogens is 456 g/mol. The molecule has 8 nitrogen and oxygen atoms in total. The summed E-state index contributed by atoms with van der Waals surface area (Å²) < 4.78 is 21.4. The van der Waals surface area contributed by atoms with Crippen molar-refractivity contribution < 1.29 is 28.6 Å². The van der Waals surface area contributed by atoms with E-state index in [9.17, 15) is 4.79 Å². The number of hydrogen-bond acceptors (Lipinski definition) is 9. The van der Waals surface area contributed by atoms with Gasteiger partial charge < -0.3 is 23.8 Å². The SMILES string of the molecule is COc1ccc(/C(C)=N\OC(=O)c2cc(OC)c(OC)c(OC)c2)cc1CSc1ccccn1. The molecule has 9 heteroatoms. The predicted octanol–water partition coefficient (Wildman–Crippen LogP) is 4.99. The first-order chi connectivity index (χ1) is 16.5. The van der Waals surface area contributed by atoms with Crippen LogP contribution >= 0.6 is 11.8 Å². The number of pyridine rings is 1. The van der Waals surface area contributed by atoms with Crippen molar-refractivity contribution in [2.24, 2.45) is 5.16 Å². The molecular formula is C25H26N2O6S. The van der Waals surface area contributed by atoms with Crippen LogP contribution in [0.15, 0.2) is 64.9 Å². The van der Waals surface area contributed by atoms with E-state index in [1.165, 1.54) is 33.5 Å². The van der Waals surface area contributed by atoms with Gasteiger partial charge >= 0.3 is 5.97 Å². The van der Waals surface area contributed by atoms with Gasteiger partial charge in [-0.2, -0.15) is 0 Å². The Labute approximate surface area is 202 Å². The van der Waals surface area contributed by atoms with E-state index in [4.69, 9.17) is 23.8 Å². The zero-order valence-corrected chi connectivity index (χ0v) is 20.5. The van der Waals surface area contributed by atoms with Crippen molar-refractivity contribution in [1.82, 2.24) is 4.98 Å². The average molecular weight is 483 g/mol. The zero-order chi connectivity index (χ0) is 24.5. The van der Waals surface area contributed by atoms with Gasteiger partial charge in [-0.3, -0.25) is 0 Å². The van der Waals surface area contributed by atoms with Crippen LogP contribution in [-0.2, 0) is 10.6 Å². The molecule has 0 aliphatic carbocycles. The Morgan fingerprint density at radius 3 is 2.18 bits per heavy atom. The minimum atomic E-state index is -0.655. The highest BCUT2D eigenvalue weighted by atomic mass is 32.2. The molecule has 0 fully saturated rings. The number of hydrogen-bond donors (Lipinski definition) is 0. The van der Waals surface area contributed by atoms with Crippen molar-refractivity contribution in [2.75, 3.05) is 28.4 Å². The number of rotatable bonds is 10. The summed E-state index contributed by atoms with van der Waals surface area (Å²) in [6, 6.07) is 14.5. The number of thioether (sulfide) groups is 1. The van der Waals surface area contributed by atoms with Gasteiger partial charge in [0.2, 0.25) is 5.75 Å². The summed E-state index contributed by atoms with van der Waals surface area (Å²) in [5.74, 6) is 1.84. The molecule has 2 aromatic carbocycles. The van der Waals surface area contributed by atoms with Gasteiger partial charge in [0.1, 0.15) is 5.75 Å². The number of carbonyl (C=O) groups excluding carboxylic acids is 1. The predicted molar refractivity (Wildman–Crippen MR) is 131 cm³/mol. The number of aromatic nitrogens is 1. The molecule has 1 aromatic heterocycles. The molecule has 0 aliphatic heterocycles. The van der Waals surface area contributed by atoms with Gasteiger partial charge in [-0.05, 0) is 55.0 Å². The first-order valence-corrected chi connectivity index (χ1v) is 11.3. The molecule has 0 radical (unpaired) electrons. The van der Waals surface area contributed by atoms with Crippen molar-refractivity contribution in [3.05, 3.63) is 71.4 Å². The lowest BCUT2D eigenvalue weighted by Crippen LogP contribution is -2.06. The number of benzene rings is 2. The van der Waals surface area contributed by atoms with E-state index < -0.39 is 5.97 Å². The Morgan fingerprint density at radius 2 is 1.59 bits per heavy atom. The van der Waals surface area contributed by atoms with E-state index in [0.29, 0.717) is 28.7 Å². The first kappa shape index (κ1) is 24.9. The van der Waals surface area contributed by atoms with Crippen molar-refractivity contribution in [3.8, 4) is 23.0 Å². The highest BCUT2D eigenvalue weighted by molar-refractivity contribution is 7.98. The fourth-order valence-corrected chi connectivity index (χ4v) is 3.95. The monoisotopic (exact) mass is 482 g/mol. The molecule has 1 heterocycles. The van der Waals surface area contributed by atoms with E-state index in [0.717, 1.165) is 21.9 Å². The second-order valence-corrected chi connectivity index (χ2v) is 7.95. The molecule has 178 valence electrons. The topological polar surface area (TPSA) is 88.5 Å². The summed E-state index contributed by atoms with van der Waals surface area (Å²) in [6.45, 7) is 1.76. The van der Waals surface area contributed by atoms with Crippen LogP contribution < -0.4 is 18.9 Å². The molecule has 3 rings (SSSR count). The minimum absolute atomic E-state index is 0.216. The van der Waals surface area contributed by atoms with Gasteiger partial charge in [-0.15, -0.1) is 11.8 Å². The number of carbonyl (C=O) groups is 1. The smallest absolute Gasteiger partial charge is 0.366 e. The second kappa shape index (κ2) is 11.9. The van der Waals surface area contributed by atoms with E-state index in [-0.39, 0.29) is 5.56 Å². The molecule has 0 bridgehead atoms. The van der Waals surface area contributed by atoms with Crippen LogP contribution in [0, 0.1) is 0 Å². The lowest BCUT2D eigenvalue weighted by atomic mass is 10.1. The van der Waals surface area contributed by atoms with Crippen LogP contribution in [-0.4, -0.2) is 45.1 Å². The maximum Gasteiger partial charge on any atom is 0.366 e. The lowest BCUT2D eigenvalue weighted by Gasteiger charge is -2.13. The van der Waals surface area contributed by atoms with Crippen LogP contribution in [0.3, 0.4) is 0 Å². The normalized spacial score (nSPS) is 11.0. The van der Waals surface area contributed by atoms with Gasteiger partial charge in [0.05, 0.1) is 44.7 Å². The summed E-state index contributed by atoms with van der Waals surface area (Å²) in [7, 11) is 6.07. The number of nitrogens with zero attached hydrogens (tertiary/aromatic N) is 2. The first-order valence-electron chi connectivity index (χ1n) is 10.3. The summed E-state index contributed by atoms with van der Waals surface area (Å²) in [4.78, 5) is 22.2. The third kappa shape index (κ3) is 5.99. The van der Waals surface area contributed by atoms with Gasteiger partial charge in [-0.1, -0.05) is 11.2 Å². The number of ether oxygens (including phenoxy) is 4.